The van der Waals surface area contributed by atoms with Gasteiger partial charge in [0, 0.05) is 19.5 Å². The number of nitrogens with zero attached hydrogens (tertiary/aromatic N) is 4. The van der Waals surface area contributed by atoms with Crippen molar-refractivity contribution in [3.8, 4) is 0 Å². The molecule has 1 aromatic heterocycles. The first-order valence-electron chi connectivity index (χ1n) is 9.09. The summed E-state index contributed by atoms with van der Waals surface area (Å²) in [6.45, 7) is 3.96. The van der Waals surface area contributed by atoms with E-state index < -0.39 is 0 Å². The molecular weight excluding hydrogens is 306 g/mol. The highest BCUT2D eigenvalue weighted by Crippen LogP contribution is 2.38. The van der Waals surface area contributed by atoms with Crippen LogP contribution in [0.25, 0.3) is 0 Å². The second-order valence-corrected chi connectivity index (χ2v) is 7.13. The average molecular weight is 333 g/mol. The molecule has 1 aliphatic carbocycles. The van der Waals surface area contributed by atoms with Crippen molar-refractivity contribution >= 4 is 17.8 Å². The lowest BCUT2D eigenvalue weighted by atomic mass is 10.0. The minimum absolute atomic E-state index is 0.0500. The molecule has 2 amide bonds. The zero-order valence-electron chi connectivity index (χ0n) is 14.4. The maximum Gasteiger partial charge on any atom is 0.248 e. The van der Waals surface area contributed by atoms with Gasteiger partial charge in [-0.1, -0.05) is 19.8 Å². The molecule has 132 valence electrons. The van der Waals surface area contributed by atoms with Crippen LogP contribution in [-0.4, -0.2) is 44.6 Å². The molecule has 1 atom stereocenters. The standard InChI is InChI=1S/C17H27N5O2/c1-13(14-6-7-14)10-15(23)19-17-18-12-22(20-17)11-16(24)21-8-4-2-3-5-9-21/h12-14H,2-11H2,1H3,(H,19,20,23)/t13-/m1/s1. The van der Waals surface area contributed by atoms with Crippen LogP contribution in [-0.2, 0) is 16.1 Å². The summed E-state index contributed by atoms with van der Waals surface area (Å²) in [5.74, 6) is 1.42. The molecule has 0 spiro atoms. The molecule has 7 nitrogen and oxygen atoms in total. The Morgan fingerprint density at radius 3 is 2.62 bits per heavy atom. The SMILES string of the molecule is C[C@H](CC(=O)Nc1ncn(CC(=O)N2CCCCCC2)n1)C1CC1. The summed E-state index contributed by atoms with van der Waals surface area (Å²) in [4.78, 5) is 30.3. The zero-order valence-corrected chi connectivity index (χ0v) is 14.4. The fraction of sp³-hybridized carbons (Fsp3) is 0.765. The van der Waals surface area contributed by atoms with Crippen LogP contribution in [0.15, 0.2) is 6.33 Å². The molecule has 1 N–H and O–H groups in total. The minimum Gasteiger partial charge on any atom is -0.341 e. The summed E-state index contributed by atoms with van der Waals surface area (Å²) >= 11 is 0. The van der Waals surface area contributed by atoms with Crippen molar-refractivity contribution in [2.75, 3.05) is 18.4 Å². The summed E-state index contributed by atoms with van der Waals surface area (Å²) in [7, 11) is 0. The molecule has 0 bridgehead atoms. The van der Waals surface area contributed by atoms with E-state index in [1.165, 1.54) is 36.7 Å². The second kappa shape index (κ2) is 7.77. The molecular formula is C17H27N5O2. The highest BCUT2D eigenvalue weighted by Gasteiger charge is 2.29. The van der Waals surface area contributed by atoms with Crippen LogP contribution in [0.4, 0.5) is 5.95 Å². The lowest BCUT2D eigenvalue weighted by Crippen LogP contribution is -2.34. The van der Waals surface area contributed by atoms with E-state index in [4.69, 9.17) is 0 Å². The molecule has 2 aliphatic rings. The summed E-state index contributed by atoms with van der Waals surface area (Å²) < 4.78 is 1.51. The lowest BCUT2D eigenvalue weighted by Gasteiger charge is -2.19. The van der Waals surface area contributed by atoms with Gasteiger partial charge in [-0.15, -0.1) is 5.10 Å². The molecule has 7 heteroatoms. The number of nitrogens with one attached hydrogen (secondary N) is 1. The molecule has 1 aliphatic heterocycles. The van der Waals surface area contributed by atoms with Gasteiger partial charge in [-0.25, -0.2) is 9.67 Å². The molecule has 2 heterocycles. The predicted octanol–water partition coefficient (Wildman–Crippen LogP) is 2.06. The Morgan fingerprint density at radius 2 is 1.96 bits per heavy atom. The van der Waals surface area contributed by atoms with Gasteiger partial charge in [0.25, 0.3) is 0 Å². The Labute approximate surface area is 142 Å². The van der Waals surface area contributed by atoms with Crippen LogP contribution < -0.4 is 5.32 Å². The van der Waals surface area contributed by atoms with E-state index >= 15 is 0 Å². The van der Waals surface area contributed by atoms with Crippen LogP contribution in [0.3, 0.4) is 0 Å². The third-order valence-electron chi connectivity index (χ3n) is 4.98. The largest absolute Gasteiger partial charge is 0.341 e. The van der Waals surface area contributed by atoms with Gasteiger partial charge in [0.05, 0.1) is 0 Å². The van der Waals surface area contributed by atoms with Crippen LogP contribution in [0, 0.1) is 11.8 Å². The summed E-state index contributed by atoms with van der Waals surface area (Å²) in [5, 5.41) is 6.93. The molecule has 1 saturated carbocycles. The molecule has 3 rings (SSSR count). The van der Waals surface area contributed by atoms with Gasteiger partial charge in [0.2, 0.25) is 17.8 Å². The molecule has 1 aromatic rings. The lowest BCUT2D eigenvalue weighted by molar-refractivity contribution is -0.132. The van der Waals surface area contributed by atoms with Gasteiger partial charge in [-0.3, -0.25) is 14.9 Å². The van der Waals surface area contributed by atoms with Gasteiger partial charge < -0.3 is 4.90 Å². The summed E-state index contributed by atoms with van der Waals surface area (Å²) in [5.41, 5.74) is 0. The van der Waals surface area contributed by atoms with Gasteiger partial charge >= 0.3 is 0 Å². The van der Waals surface area contributed by atoms with Crippen molar-refractivity contribution < 1.29 is 9.59 Å². The van der Waals surface area contributed by atoms with Crippen molar-refractivity contribution in [2.45, 2.75) is 58.4 Å². The number of anilines is 1. The highest BCUT2D eigenvalue weighted by atomic mass is 16.2. The maximum atomic E-state index is 12.3. The zero-order chi connectivity index (χ0) is 16.9. The number of rotatable bonds is 6. The summed E-state index contributed by atoms with van der Waals surface area (Å²) in [6, 6.07) is 0. The van der Waals surface area contributed by atoms with Gasteiger partial charge in [0.1, 0.15) is 12.9 Å². The number of hydrogen-bond acceptors (Lipinski definition) is 4. The van der Waals surface area contributed by atoms with E-state index in [0.29, 0.717) is 18.3 Å². The molecule has 24 heavy (non-hydrogen) atoms. The summed E-state index contributed by atoms with van der Waals surface area (Å²) in [6.07, 6.45) is 9.03. The molecule has 0 aromatic carbocycles. The first-order valence-corrected chi connectivity index (χ1v) is 9.09. The van der Waals surface area contributed by atoms with Crippen molar-refractivity contribution in [3.63, 3.8) is 0 Å². The second-order valence-electron chi connectivity index (χ2n) is 7.13. The topological polar surface area (TPSA) is 80.1 Å². The van der Waals surface area contributed by atoms with E-state index in [-0.39, 0.29) is 24.3 Å². The Hall–Kier alpha value is -1.92. The average Bonchev–Trinajstić information content (AvgIpc) is 3.34. The third-order valence-corrected chi connectivity index (χ3v) is 4.98. The van der Waals surface area contributed by atoms with E-state index in [1.54, 1.807) is 0 Å². The third kappa shape index (κ3) is 4.79. The van der Waals surface area contributed by atoms with E-state index in [0.717, 1.165) is 25.9 Å². The first-order chi connectivity index (χ1) is 11.6. The van der Waals surface area contributed by atoms with Crippen molar-refractivity contribution in [1.82, 2.24) is 19.7 Å². The van der Waals surface area contributed by atoms with E-state index in [1.807, 2.05) is 4.90 Å². The Bertz CT molecular complexity index is 573. The maximum absolute atomic E-state index is 12.3. The van der Waals surface area contributed by atoms with Gasteiger partial charge in [-0.05, 0) is 37.5 Å². The fourth-order valence-corrected chi connectivity index (χ4v) is 3.29. The van der Waals surface area contributed by atoms with Gasteiger partial charge in [-0.2, -0.15) is 0 Å². The Morgan fingerprint density at radius 1 is 1.25 bits per heavy atom. The van der Waals surface area contributed by atoms with Crippen LogP contribution in [0.1, 0.15) is 51.9 Å². The Balaban J connectivity index is 1.47. The van der Waals surface area contributed by atoms with E-state index in [2.05, 4.69) is 22.3 Å². The normalized spacial score (nSPS) is 19.6. The number of amides is 2. The number of hydrogen-bond donors (Lipinski definition) is 1. The predicted molar refractivity (Wildman–Crippen MR) is 90.2 cm³/mol. The van der Waals surface area contributed by atoms with Crippen molar-refractivity contribution in [3.05, 3.63) is 6.33 Å². The molecule has 1 saturated heterocycles. The van der Waals surface area contributed by atoms with Crippen LogP contribution in [0.2, 0.25) is 0 Å². The monoisotopic (exact) mass is 333 g/mol. The number of carbonyl (C=O) groups is 2. The van der Waals surface area contributed by atoms with Crippen molar-refractivity contribution in [2.24, 2.45) is 11.8 Å². The Kier molecular flexibility index (Phi) is 5.48. The number of carbonyl (C=O) groups excluding carboxylic acids is 2. The smallest absolute Gasteiger partial charge is 0.248 e. The van der Waals surface area contributed by atoms with Crippen molar-refractivity contribution in [1.29, 1.82) is 0 Å². The quantitative estimate of drug-likeness (QED) is 0.864. The molecule has 0 unspecified atom stereocenters. The molecule has 0 radical (unpaired) electrons. The van der Waals surface area contributed by atoms with Gasteiger partial charge in [0.15, 0.2) is 0 Å². The molecule has 2 fully saturated rings. The van der Waals surface area contributed by atoms with Crippen LogP contribution in [0.5, 0.6) is 0 Å². The first kappa shape index (κ1) is 16.9. The minimum atomic E-state index is -0.0500. The van der Waals surface area contributed by atoms with E-state index in [9.17, 15) is 9.59 Å². The highest BCUT2D eigenvalue weighted by molar-refractivity contribution is 5.89. The van der Waals surface area contributed by atoms with Crippen LogP contribution >= 0.6 is 0 Å². The number of aromatic nitrogens is 3. The number of likely N-dealkylation sites (tertiary alicyclic amines) is 1. The fourth-order valence-electron chi connectivity index (χ4n) is 3.29.